The number of fused-ring (bicyclic) bond motifs is 1. The average Bonchev–Trinajstić information content (AvgIpc) is 2.46. The van der Waals surface area contributed by atoms with Crippen LogP contribution in [0.25, 0.3) is 22.4 Å². The number of nitro groups is 1. The van der Waals surface area contributed by atoms with Gasteiger partial charge in [-0.15, -0.1) is 0 Å². The summed E-state index contributed by atoms with van der Waals surface area (Å²) in [7, 11) is 0. The highest BCUT2D eigenvalue weighted by Gasteiger charge is 2.11. The van der Waals surface area contributed by atoms with Gasteiger partial charge in [-0.1, -0.05) is 11.6 Å². The summed E-state index contributed by atoms with van der Waals surface area (Å²) in [6.07, 6.45) is 0. The van der Waals surface area contributed by atoms with Crippen molar-refractivity contribution in [1.82, 2.24) is 4.98 Å². The van der Waals surface area contributed by atoms with Gasteiger partial charge in [-0.25, -0.2) is 9.78 Å². The zero-order chi connectivity index (χ0) is 15.0. The highest BCUT2D eigenvalue weighted by molar-refractivity contribution is 6.31. The van der Waals surface area contributed by atoms with Crippen LogP contribution < -0.4 is 5.63 Å². The number of benzene rings is 2. The normalized spacial score (nSPS) is 10.7. The van der Waals surface area contributed by atoms with Crippen molar-refractivity contribution in [2.75, 3.05) is 0 Å². The third-order valence-corrected chi connectivity index (χ3v) is 3.15. The molecule has 0 bridgehead atoms. The maximum absolute atomic E-state index is 11.9. The zero-order valence-corrected chi connectivity index (χ0v) is 11.2. The average molecular weight is 303 g/mol. The van der Waals surface area contributed by atoms with Crippen molar-refractivity contribution >= 4 is 28.2 Å². The summed E-state index contributed by atoms with van der Waals surface area (Å²) in [5.74, 6) is 0.0877. The Morgan fingerprint density at radius 1 is 1.14 bits per heavy atom. The molecule has 1 heterocycles. The Morgan fingerprint density at radius 3 is 2.52 bits per heavy atom. The summed E-state index contributed by atoms with van der Waals surface area (Å²) < 4.78 is 5.14. The van der Waals surface area contributed by atoms with Crippen LogP contribution in [-0.4, -0.2) is 9.91 Å². The molecule has 0 saturated carbocycles. The number of nitrogens with zero attached hydrogens (tertiary/aromatic N) is 2. The van der Waals surface area contributed by atoms with Crippen LogP contribution in [0.2, 0.25) is 5.02 Å². The van der Waals surface area contributed by atoms with Crippen LogP contribution in [0.3, 0.4) is 0 Å². The number of nitro benzene ring substituents is 1. The van der Waals surface area contributed by atoms with E-state index in [0.717, 1.165) is 0 Å². The molecule has 0 fully saturated rings. The van der Waals surface area contributed by atoms with Crippen molar-refractivity contribution in [2.24, 2.45) is 0 Å². The van der Waals surface area contributed by atoms with Crippen LogP contribution in [0.5, 0.6) is 0 Å². The molecule has 7 heteroatoms. The molecule has 0 saturated heterocycles. The third kappa shape index (κ3) is 2.48. The van der Waals surface area contributed by atoms with Gasteiger partial charge in [-0.2, -0.15) is 0 Å². The number of non-ortho nitro benzene ring substituents is 1. The molecule has 6 nitrogen and oxygen atoms in total. The second kappa shape index (κ2) is 4.99. The third-order valence-electron chi connectivity index (χ3n) is 2.92. The Balaban J connectivity index is 2.16. The molecule has 0 aliphatic rings. The highest BCUT2D eigenvalue weighted by atomic mass is 35.5. The van der Waals surface area contributed by atoms with Gasteiger partial charge in [0, 0.05) is 22.7 Å². The maximum atomic E-state index is 11.9. The largest absolute Gasteiger partial charge is 0.403 e. The van der Waals surface area contributed by atoms with Gasteiger partial charge in [-0.05, 0) is 30.3 Å². The SMILES string of the molecule is O=c1oc(-c2ccc([N+](=O)[O-])cc2)nc2cc(Cl)ccc12. The second-order valence-electron chi connectivity index (χ2n) is 4.27. The van der Waals surface area contributed by atoms with Crippen LogP contribution in [-0.2, 0) is 0 Å². The summed E-state index contributed by atoms with van der Waals surface area (Å²) in [6, 6.07) is 10.3. The lowest BCUT2D eigenvalue weighted by Crippen LogP contribution is -2.02. The number of halogens is 1. The van der Waals surface area contributed by atoms with Gasteiger partial charge in [0.1, 0.15) is 0 Å². The molecular weight excluding hydrogens is 296 g/mol. The van der Waals surface area contributed by atoms with Crippen molar-refractivity contribution in [3.8, 4) is 11.5 Å². The molecule has 0 spiro atoms. The van der Waals surface area contributed by atoms with Crippen LogP contribution in [0.4, 0.5) is 5.69 Å². The first-order valence-corrected chi connectivity index (χ1v) is 6.27. The van der Waals surface area contributed by atoms with Gasteiger partial charge < -0.3 is 4.42 Å². The number of aromatic nitrogens is 1. The number of hydrogen-bond acceptors (Lipinski definition) is 5. The smallest absolute Gasteiger partial charge is 0.347 e. The van der Waals surface area contributed by atoms with Crippen molar-refractivity contribution in [2.45, 2.75) is 0 Å². The standard InChI is InChI=1S/C14H7ClN2O4/c15-9-3-6-11-12(7-9)16-13(21-14(11)18)8-1-4-10(5-2-8)17(19)20/h1-7H. The Morgan fingerprint density at radius 2 is 1.86 bits per heavy atom. The van der Waals surface area contributed by atoms with E-state index >= 15 is 0 Å². The van der Waals surface area contributed by atoms with Gasteiger partial charge >= 0.3 is 5.63 Å². The Labute approximate surface area is 122 Å². The summed E-state index contributed by atoms with van der Waals surface area (Å²) in [5, 5.41) is 11.4. The quantitative estimate of drug-likeness (QED) is 0.535. The topological polar surface area (TPSA) is 86.2 Å². The molecule has 3 rings (SSSR count). The lowest BCUT2D eigenvalue weighted by Gasteiger charge is -2.02. The zero-order valence-electron chi connectivity index (χ0n) is 10.4. The van der Waals surface area contributed by atoms with Gasteiger partial charge in [0.2, 0.25) is 5.89 Å². The van der Waals surface area contributed by atoms with Crippen molar-refractivity contribution in [3.05, 3.63) is 68.0 Å². The molecule has 1 aromatic heterocycles. The molecule has 3 aromatic rings. The minimum atomic E-state index is -0.537. The van der Waals surface area contributed by atoms with Gasteiger partial charge in [0.25, 0.3) is 5.69 Å². The molecule has 104 valence electrons. The van der Waals surface area contributed by atoms with Gasteiger partial charge in [-0.3, -0.25) is 10.1 Å². The van der Waals surface area contributed by atoms with Crippen LogP contribution in [0.15, 0.2) is 51.7 Å². The molecular formula is C14H7ClN2O4. The van der Waals surface area contributed by atoms with Gasteiger partial charge in [0.15, 0.2) is 0 Å². The lowest BCUT2D eigenvalue weighted by atomic mass is 10.2. The van der Waals surface area contributed by atoms with E-state index in [-0.39, 0.29) is 11.6 Å². The molecule has 0 aliphatic heterocycles. The Bertz CT molecular complexity index is 903. The van der Waals surface area contributed by atoms with E-state index in [9.17, 15) is 14.9 Å². The molecule has 2 aromatic carbocycles. The van der Waals surface area contributed by atoms with E-state index in [1.807, 2.05) is 0 Å². The minimum absolute atomic E-state index is 0.0510. The van der Waals surface area contributed by atoms with E-state index in [2.05, 4.69) is 4.98 Å². The molecule has 0 aliphatic carbocycles. The fraction of sp³-hybridized carbons (Fsp3) is 0. The fourth-order valence-corrected chi connectivity index (χ4v) is 2.06. The van der Waals surface area contributed by atoms with Crippen LogP contribution in [0.1, 0.15) is 0 Å². The monoisotopic (exact) mass is 302 g/mol. The minimum Gasteiger partial charge on any atom is -0.403 e. The molecule has 21 heavy (non-hydrogen) atoms. The van der Waals surface area contributed by atoms with E-state index in [4.69, 9.17) is 16.0 Å². The first kappa shape index (κ1) is 13.3. The van der Waals surface area contributed by atoms with Crippen LogP contribution in [0, 0.1) is 10.1 Å². The molecule has 0 amide bonds. The van der Waals surface area contributed by atoms with E-state index < -0.39 is 10.5 Å². The van der Waals surface area contributed by atoms with E-state index in [0.29, 0.717) is 21.5 Å². The molecule has 0 N–H and O–H groups in total. The van der Waals surface area contributed by atoms with Crippen molar-refractivity contribution in [3.63, 3.8) is 0 Å². The highest BCUT2D eigenvalue weighted by Crippen LogP contribution is 2.22. The fourth-order valence-electron chi connectivity index (χ4n) is 1.89. The first-order chi connectivity index (χ1) is 10.0. The summed E-state index contributed by atoms with van der Waals surface area (Å²) >= 11 is 5.88. The van der Waals surface area contributed by atoms with Crippen LogP contribution >= 0.6 is 11.6 Å². The summed E-state index contributed by atoms with van der Waals surface area (Å²) in [6.45, 7) is 0. The molecule has 0 radical (unpaired) electrons. The predicted octanol–water partition coefficient (Wildman–Crippen LogP) is 3.42. The van der Waals surface area contributed by atoms with E-state index in [1.165, 1.54) is 30.3 Å². The first-order valence-electron chi connectivity index (χ1n) is 5.90. The molecule has 0 atom stereocenters. The summed E-state index contributed by atoms with van der Waals surface area (Å²) in [4.78, 5) is 26.2. The maximum Gasteiger partial charge on any atom is 0.347 e. The lowest BCUT2D eigenvalue weighted by molar-refractivity contribution is -0.384. The van der Waals surface area contributed by atoms with Crippen molar-refractivity contribution < 1.29 is 9.34 Å². The Kier molecular flexibility index (Phi) is 3.15. The predicted molar refractivity (Wildman–Crippen MR) is 77.4 cm³/mol. The number of hydrogen-bond donors (Lipinski definition) is 0. The second-order valence-corrected chi connectivity index (χ2v) is 4.71. The van der Waals surface area contributed by atoms with Crippen molar-refractivity contribution in [1.29, 1.82) is 0 Å². The summed E-state index contributed by atoms with van der Waals surface area (Å²) in [5.41, 5.74) is 0.293. The Hall–Kier alpha value is -2.73. The van der Waals surface area contributed by atoms with E-state index in [1.54, 1.807) is 12.1 Å². The van der Waals surface area contributed by atoms with Gasteiger partial charge in [0.05, 0.1) is 15.8 Å². The molecule has 0 unspecified atom stereocenters. The number of rotatable bonds is 2.